The lowest BCUT2D eigenvalue weighted by Crippen LogP contribution is -2.51. The van der Waals surface area contributed by atoms with Gasteiger partial charge in [-0.25, -0.2) is 0 Å². The monoisotopic (exact) mass is 200 g/mol. The molecule has 1 saturated carbocycles. The molecule has 0 saturated heterocycles. The average molecular weight is 200 g/mol. The van der Waals surface area contributed by atoms with Crippen molar-refractivity contribution in [3.05, 3.63) is 0 Å². The molecule has 1 aliphatic rings. The van der Waals surface area contributed by atoms with E-state index in [2.05, 4.69) is 10.6 Å². The summed E-state index contributed by atoms with van der Waals surface area (Å²) < 4.78 is 0. The first kappa shape index (κ1) is 11.5. The lowest BCUT2D eigenvalue weighted by molar-refractivity contribution is -0.120. The quantitative estimate of drug-likeness (QED) is 0.599. The molecule has 0 unspecified atom stereocenters. The Bertz CT molecular complexity index is 185. The Morgan fingerprint density at radius 2 is 2.00 bits per heavy atom. The normalized spacial score (nSPS) is 27.3. The van der Waals surface area contributed by atoms with Gasteiger partial charge >= 0.3 is 0 Å². The highest BCUT2D eigenvalue weighted by Gasteiger charge is 2.24. The van der Waals surface area contributed by atoms with Crippen LogP contribution in [0.15, 0.2) is 0 Å². The number of aliphatic hydroxyl groups is 1. The summed E-state index contributed by atoms with van der Waals surface area (Å²) in [7, 11) is 0. The van der Waals surface area contributed by atoms with E-state index in [0.717, 1.165) is 12.8 Å². The van der Waals surface area contributed by atoms with Gasteiger partial charge < -0.3 is 15.7 Å². The standard InChI is InChI=1S/C10H20N2O2/c1-8(14)12-10-5-3-2-4-9(10)11-6-7-13/h9-11,13H,2-7H2,1H3,(H,12,14)/t9-,10+/m1/s1. The molecule has 4 nitrogen and oxygen atoms in total. The highest BCUT2D eigenvalue weighted by atomic mass is 16.3. The molecule has 1 aliphatic carbocycles. The Morgan fingerprint density at radius 1 is 1.36 bits per heavy atom. The lowest BCUT2D eigenvalue weighted by Gasteiger charge is -2.32. The Hall–Kier alpha value is -0.610. The van der Waals surface area contributed by atoms with Gasteiger partial charge in [0.05, 0.1) is 6.61 Å². The van der Waals surface area contributed by atoms with Gasteiger partial charge in [-0.2, -0.15) is 0 Å². The molecule has 0 bridgehead atoms. The van der Waals surface area contributed by atoms with Gasteiger partial charge in [-0.15, -0.1) is 0 Å². The van der Waals surface area contributed by atoms with Crippen LogP contribution in [0.1, 0.15) is 32.6 Å². The number of carbonyl (C=O) groups excluding carboxylic acids is 1. The van der Waals surface area contributed by atoms with E-state index in [9.17, 15) is 4.79 Å². The number of hydrogen-bond donors (Lipinski definition) is 3. The second kappa shape index (κ2) is 5.98. The fraction of sp³-hybridized carbons (Fsp3) is 0.900. The van der Waals surface area contributed by atoms with E-state index in [4.69, 9.17) is 5.11 Å². The van der Waals surface area contributed by atoms with E-state index in [1.165, 1.54) is 12.8 Å². The summed E-state index contributed by atoms with van der Waals surface area (Å²) in [6, 6.07) is 0.576. The largest absolute Gasteiger partial charge is 0.395 e. The van der Waals surface area contributed by atoms with Crippen LogP contribution >= 0.6 is 0 Å². The summed E-state index contributed by atoms with van der Waals surface area (Å²) in [4.78, 5) is 10.9. The van der Waals surface area contributed by atoms with Crippen LogP contribution in [0.5, 0.6) is 0 Å². The molecule has 0 aromatic carbocycles. The minimum atomic E-state index is 0.0349. The van der Waals surface area contributed by atoms with Gasteiger partial charge in [0, 0.05) is 25.6 Å². The first-order chi connectivity index (χ1) is 6.74. The zero-order valence-corrected chi connectivity index (χ0v) is 8.75. The van der Waals surface area contributed by atoms with Crippen LogP contribution in [0.4, 0.5) is 0 Å². The third kappa shape index (κ3) is 3.64. The van der Waals surface area contributed by atoms with Gasteiger partial charge in [-0.05, 0) is 12.8 Å². The molecule has 0 spiro atoms. The number of aliphatic hydroxyl groups excluding tert-OH is 1. The zero-order valence-electron chi connectivity index (χ0n) is 8.75. The van der Waals surface area contributed by atoms with Crippen LogP contribution in [0.3, 0.4) is 0 Å². The summed E-state index contributed by atoms with van der Waals surface area (Å²) in [5, 5.41) is 14.9. The van der Waals surface area contributed by atoms with Gasteiger partial charge in [-0.3, -0.25) is 4.79 Å². The topological polar surface area (TPSA) is 61.4 Å². The Balaban J connectivity index is 2.37. The second-order valence-electron chi connectivity index (χ2n) is 3.88. The average Bonchev–Trinajstić information content (AvgIpc) is 2.16. The molecule has 1 amide bonds. The number of nitrogens with one attached hydrogen (secondary N) is 2. The van der Waals surface area contributed by atoms with Crippen LogP contribution in [0, 0.1) is 0 Å². The molecule has 0 radical (unpaired) electrons. The van der Waals surface area contributed by atoms with Crippen LogP contribution in [0.2, 0.25) is 0 Å². The Kier molecular flexibility index (Phi) is 4.90. The molecule has 3 N–H and O–H groups in total. The summed E-state index contributed by atoms with van der Waals surface area (Å²) in [6.45, 7) is 2.32. The van der Waals surface area contributed by atoms with Crippen molar-refractivity contribution >= 4 is 5.91 Å². The highest BCUT2D eigenvalue weighted by molar-refractivity contribution is 5.73. The van der Waals surface area contributed by atoms with Crippen molar-refractivity contribution in [2.24, 2.45) is 0 Å². The second-order valence-corrected chi connectivity index (χ2v) is 3.88. The van der Waals surface area contributed by atoms with E-state index >= 15 is 0 Å². The maximum Gasteiger partial charge on any atom is 0.217 e. The summed E-state index contributed by atoms with van der Waals surface area (Å²) in [6.07, 6.45) is 4.52. The van der Waals surface area contributed by atoms with E-state index in [1.54, 1.807) is 6.92 Å². The first-order valence-electron chi connectivity index (χ1n) is 5.35. The van der Waals surface area contributed by atoms with Crippen LogP contribution in [0.25, 0.3) is 0 Å². The molecule has 4 heteroatoms. The third-order valence-corrected chi connectivity index (χ3v) is 2.67. The predicted molar refractivity (Wildman–Crippen MR) is 54.9 cm³/mol. The molecule has 0 aromatic rings. The minimum Gasteiger partial charge on any atom is -0.395 e. The Morgan fingerprint density at radius 3 is 2.57 bits per heavy atom. The van der Waals surface area contributed by atoms with Gasteiger partial charge in [0.2, 0.25) is 5.91 Å². The molecule has 1 rings (SSSR count). The van der Waals surface area contributed by atoms with Crippen molar-refractivity contribution in [2.75, 3.05) is 13.2 Å². The maximum atomic E-state index is 10.9. The maximum absolute atomic E-state index is 10.9. The van der Waals surface area contributed by atoms with E-state index in [0.29, 0.717) is 12.6 Å². The summed E-state index contributed by atoms with van der Waals surface area (Å²) >= 11 is 0. The summed E-state index contributed by atoms with van der Waals surface area (Å²) in [5.74, 6) is 0.0349. The lowest BCUT2D eigenvalue weighted by atomic mass is 9.90. The minimum absolute atomic E-state index is 0.0349. The van der Waals surface area contributed by atoms with Crippen molar-refractivity contribution < 1.29 is 9.90 Å². The van der Waals surface area contributed by atoms with Crippen molar-refractivity contribution in [2.45, 2.75) is 44.7 Å². The van der Waals surface area contributed by atoms with Gasteiger partial charge in [0.1, 0.15) is 0 Å². The molecule has 82 valence electrons. The van der Waals surface area contributed by atoms with Crippen LogP contribution < -0.4 is 10.6 Å². The van der Waals surface area contributed by atoms with E-state index < -0.39 is 0 Å². The smallest absolute Gasteiger partial charge is 0.217 e. The Labute approximate surface area is 85.1 Å². The van der Waals surface area contributed by atoms with Crippen molar-refractivity contribution in [3.8, 4) is 0 Å². The van der Waals surface area contributed by atoms with Crippen molar-refractivity contribution in [3.63, 3.8) is 0 Å². The van der Waals surface area contributed by atoms with Gasteiger partial charge in [0.25, 0.3) is 0 Å². The first-order valence-corrected chi connectivity index (χ1v) is 5.35. The molecule has 0 heterocycles. The number of amides is 1. The fourth-order valence-corrected chi connectivity index (χ4v) is 2.06. The molecular formula is C10H20N2O2. The molecular weight excluding hydrogens is 180 g/mol. The van der Waals surface area contributed by atoms with Crippen molar-refractivity contribution in [1.82, 2.24) is 10.6 Å². The predicted octanol–water partition coefficient (Wildman–Crippen LogP) is 0.0156. The highest BCUT2D eigenvalue weighted by Crippen LogP contribution is 2.18. The SMILES string of the molecule is CC(=O)N[C@H]1CCCC[C@H]1NCCO. The fourth-order valence-electron chi connectivity index (χ4n) is 2.06. The number of carbonyl (C=O) groups is 1. The van der Waals surface area contributed by atoms with Crippen LogP contribution in [-0.4, -0.2) is 36.2 Å². The summed E-state index contributed by atoms with van der Waals surface area (Å²) in [5.41, 5.74) is 0. The number of hydrogen-bond acceptors (Lipinski definition) is 3. The molecule has 14 heavy (non-hydrogen) atoms. The van der Waals surface area contributed by atoms with E-state index in [1.807, 2.05) is 0 Å². The van der Waals surface area contributed by atoms with E-state index in [-0.39, 0.29) is 18.6 Å². The third-order valence-electron chi connectivity index (χ3n) is 2.67. The molecule has 0 aromatic heterocycles. The molecule has 0 aliphatic heterocycles. The number of rotatable bonds is 4. The zero-order chi connectivity index (χ0) is 10.4. The van der Waals surface area contributed by atoms with Crippen LogP contribution in [-0.2, 0) is 4.79 Å². The molecule has 2 atom stereocenters. The van der Waals surface area contributed by atoms with Gasteiger partial charge in [0.15, 0.2) is 0 Å². The van der Waals surface area contributed by atoms with Crippen molar-refractivity contribution in [1.29, 1.82) is 0 Å². The molecule has 1 fully saturated rings. The van der Waals surface area contributed by atoms with Gasteiger partial charge in [-0.1, -0.05) is 12.8 Å².